The van der Waals surface area contributed by atoms with E-state index in [1.807, 2.05) is 12.2 Å². The van der Waals surface area contributed by atoms with Crippen LogP contribution < -0.4 is 5.32 Å². The van der Waals surface area contributed by atoms with Gasteiger partial charge in [-0.1, -0.05) is 11.8 Å². The largest absolute Gasteiger partial charge is 0.370 e. The van der Waals surface area contributed by atoms with Gasteiger partial charge < -0.3 is 5.32 Å². The molecule has 0 fully saturated rings. The van der Waals surface area contributed by atoms with E-state index in [1.165, 1.54) is 11.8 Å². The van der Waals surface area contributed by atoms with Gasteiger partial charge in [-0.25, -0.2) is 14.8 Å². The molecule has 0 unspecified atom stereocenters. The summed E-state index contributed by atoms with van der Waals surface area (Å²) < 4.78 is 0. The van der Waals surface area contributed by atoms with Crippen LogP contribution in [0, 0.1) is 0 Å². The Bertz CT molecular complexity index is 398. The predicted molar refractivity (Wildman–Crippen MR) is 49.8 cm³/mol. The maximum atomic E-state index is 10.4. The molecule has 2 rings (SSSR count). The lowest BCUT2D eigenvalue weighted by Crippen LogP contribution is -2.00. The normalized spacial score (nSPS) is 13.5. The molecule has 13 heavy (non-hydrogen) atoms. The second-order valence-corrected chi connectivity index (χ2v) is 3.32. The van der Waals surface area contributed by atoms with Crippen LogP contribution in [0.15, 0.2) is 11.4 Å². The molecule has 0 bridgehead atoms. The molecule has 0 saturated carbocycles. The van der Waals surface area contributed by atoms with Gasteiger partial charge in [0.15, 0.2) is 11.1 Å². The smallest absolute Gasteiger partial charge is 0.187 e. The minimum absolute atomic E-state index is 0.461. The molecule has 1 aliphatic heterocycles. The van der Waals surface area contributed by atoms with Gasteiger partial charge in [-0.15, -0.1) is 0 Å². The highest BCUT2D eigenvalue weighted by Gasteiger charge is 2.18. The van der Waals surface area contributed by atoms with E-state index in [0.717, 1.165) is 16.4 Å². The van der Waals surface area contributed by atoms with Gasteiger partial charge in [-0.3, -0.25) is 0 Å². The van der Waals surface area contributed by atoms with Crippen molar-refractivity contribution < 1.29 is 4.79 Å². The van der Waals surface area contributed by atoms with Crippen molar-refractivity contribution in [2.45, 2.75) is 11.7 Å². The van der Waals surface area contributed by atoms with E-state index < -0.39 is 0 Å². The highest BCUT2D eigenvalue weighted by molar-refractivity contribution is 7.98. The standard InChI is InChI=1S/C8H7N3OS/c1-13-8-10-2-5-6(11-8)3-9-7(5)4-12/h2,9H,3H2,1H3. The second-order valence-electron chi connectivity index (χ2n) is 2.55. The first-order valence-electron chi connectivity index (χ1n) is 3.74. The molecule has 0 aliphatic carbocycles. The second kappa shape index (κ2) is 3.20. The van der Waals surface area contributed by atoms with Crippen LogP contribution in [-0.4, -0.2) is 22.2 Å². The zero-order chi connectivity index (χ0) is 9.26. The summed E-state index contributed by atoms with van der Waals surface area (Å²) in [5.74, 6) is 1.83. The summed E-state index contributed by atoms with van der Waals surface area (Å²) in [6.07, 6.45) is 3.58. The van der Waals surface area contributed by atoms with Crippen LogP contribution in [0.4, 0.5) is 0 Å². The molecule has 4 nitrogen and oxygen atoms in total. The number of hydrogen-bond acceptors (Lipinski definition) is 5. The van der Waals surface area contributed by atoms with Crippen molar-refractivity contribution in [2.75, 3.05) is 6.26 Å². The summed E-state index contributed by atoms with van der Waals surface area (Å²) in [5.41, 5.74) is 2.10. The lowest BCUT2D eigenvalue weighted by Gasteiger charge is -1.97. The van der Waals surface area contributed by atoms with Gasteiger partial charge in [-0.05, 0) is 6.26 Å². The van der Waals surface area contributed by atoms with Gasteiger partial charge in [0, 0.05) is 6.20 Å². The molecule has 2 heterocycles. The Labute approximate surface area is 79.5 Å². The van der Waals surface area contributed by atoms with Crippen molar-refractivity contribution in [3.63, 3.8) is 0 Å². The monoisotopic (exact) mass is 193 g/mol. The van der Waals surface area contributed by atoms with E-state index in [4.69, 9.17) is 0 Å². The molecular weight excluding hydrogens is 186 g/mol. The molecule has 0 amide bonds. The first kappa shape index (κ1) is 8.29. The Morgan fingerprint density at radius 2 is 2.54 bits per heavy atom. The van der Waals surface area contributed by atoms with E-state index in [0.29, 0.717) is 12.2 Å². The number of fused-ring (bicyclic) bond motifs is 1. The van der Waals surface area contributed by atoms with E-state index in [1.54, 1.807) is 6.20 Å². The molecule has 66 valence electrons. The van der Waals surface area contributed by atoms with Crippen LogP contribution in [-0.2, 0) is 11.3 Å². The Morgan fingerprint density at radius 1 is 1.69 bits per heavy atom. The Balaban J connectivity index is 2.52. The zero-order valence-electron chi connectivity index (χ0n) is 7.00. The molecular formula is C8H7N3OS. The zero-order valence-corrected chi connectivity index (χ0v) is 7.81. The number of hydrogen-bond donors (Lipinski definition) is 1. The van der Waals surface area contributed by atoms with Gasteiger partial charge >= 0.3 is 0 Å². The van der Waals surface area contributed by atoms with Crippen LogP contribution in [0.25, 0.3) is 5.70 Å². The van der Waals surface area contributed by atoms with E-state index in [9.17, 15) is 4.79 Å². The van der Waals surface area contributed by atoms with Crippen LogP contribution in [0.2, 0.25) is 0 Å². The van der Waals surface area contributed by atoms with Crippen molar-refractivity contribution in [2.24, 2.45) is 0 Å². The third-order valence-electron chi connectivity index (χ3n) is 1.83. The minimum atomic E-state index is 0.461. The molecule has 0 spiro atoms. The van der Waals surface area contributed by atoms with Crippen molar-refractivity contribution in [3.8, 4) is 0 Å². The topological polar surface area (TPSA) is 54.9 Å². The quantitative estimate of drug-likeness (QED) is 0.399. The number of carbonyl (C=O) groups excluding carboxylic acids is 1. The van der Waals surface area contributed by atoms with Gasteiger partial charge in [0.1, 0.15) is 5.70 Å². The lowest BCUT2D eigenvalue weighted by molar-refractivity contribution is 0.568. The van der Waals surface area contributed by atoms with Gasteiger partial charge in [-0.2, -0.15) is 0 Å². The van der Waals surface area contributed by atoms with Crippen molar-refractivity contribution in [3.05, 3.63) is 17.5 Å². The minimum Gasteiger partial charge on any atom is -0.370 e. The Kier molecular flexibility index (Phi) is 2.04. The van der Waals surface area contributed by atoms with Crippen molar-refractivity contribution in [1.29, 1.82) is 0 Å². The summed E-state index contributed by atoms with van der Waals surface area (Å²) in [4.78, 5) is 18.8. The number of nitrogens with one attached hydrogen (secondary N) is 1. The van der Waals surface area contributed by atoms with Gasteiger partial charge in [0.2, 0.25) is 0 Å². The van der Waals surface area contributed by atoms with Crippen LogP contribution >= 0.6 is 11.8 Å². The van der Waals surface area contributed by atoms with E-state index >= 15 is 0 Å². The van der Waals surface area contributed by atoms with Gasteiger partial charge in [0.25, 0.3) is 0 Å². The van der Waals surface area contributed by atoms with Crippen LogP contribution in [0.3, 0.4) is 0 Å². The molecule has 0 radical (unpaired) electrons. The number of rotatable bonds is 1. The third kappa shape index (κ3) is 1.32. The maximum Gasteiger partial charge on any atom is 0.187 e. The Hall–Kier alpha value is -1.32. The average molecular weight is 193 g/mol. The average Bonchev–Trinajstić information content (AvgIpc) is 2.59. The summed E-state index contributed by atoms with van der Waals surface area (Å²) in [6.45, 7) is 0.593. The van der Waals surface area contributed by atoms with Crippen molar-refractivity contribution >= 4 is 23.4 Å². The summed E-state index contributed by atoms with van der Waals surface area (Å²) in [5, 5.41) is 3.63. The third-order valence-corrected chi connectivity index (χ3v) is 2.39. The molecule has 1 aromatic rings. The molecule has 1 N–H and O–H groups in total. The summed E-state index contributed by atoms with van der Waals surface area (Å²) in [7, 11) is 0. The van der Waals surface area contributed by atoms with Crippen molar-refractivity contribution in [1.82, 2.24) is 15.3 Å². The van der Waals surface area contributed by atoms with E-state index in [2.05, 4.69) is 15.3 Å². The summed E-state index contributed by atoms with van der Waals surface area (Å²) >= 11 is 1.49. The molecule has 1 aromatic heterocycles. The first-order chi connectivity index (χ1) is 6.35. The molecule has 1 aliphatic rings. The fraction of sp³-hybridized carbons (Fsp3) is 0.250. The van der Waals surface area contributed by atoms with E-state index in [-0.39, 0.29) is 0 Å². The highest BCUT2D eigenvalue weighted by Crippen LogP contribution is 2.21. The molecule has 5 heteroatoms. The summed E-state index contributed by atoms with van der Waals surface area (Å²) in [6, 6.07) is 0. The fourth-order valence-electron chi connectivity index (χ4n) is 1.20. The molecule has 0 saturated heterocycles. The van der Waals surface area contributed by atoms with Gasteiger partial charge in [0.05, 0.1) is 17.8 Å². The SMILES string of the molecule is CSc1ncc2c(n1)CNC2=C=O. The number of thioether (sulfide) groups is 1. The van der Waals surface area contributed by atoms with Crippen LogP contribution in [0.1, 0.15) is 11.3 Å². The predicted octanol–water partition coefficient (Wildman–Crippen LogP) is 0.474. The number of aromatic nitrogens is 2. The first-order valence-corrected chi connectivity index (χ1v) is 4.97. The maximum absolute atomic E-state index is 10.4. The Morgan fingerprint density at radius 3 is 3.23 bits per heavy atom. The molecule has 0 atom stereocenters. The highest BCUT2D eigenvalue weighted by atomic mass is 32.2. The van der Waals surface area contributed by atoms with Crippen LogP contribution in [0.5, 0.6) is 0 Å². The number of nitrogens with zero attached hydrogens (tertiary/aromatic N) is 2. The lowest BCUT2D eigenvalue weighted by atomic mass is 10.2. The molecule has 0 aromatic carbocycles. The fourth-order valence-corrected chi connectivity index (χ4v) is 1.56.